The highest BCUT2D eigenvalue weighted by Gasteiger charge is 2.08. The minimum Gasteiger partial charge on any atom is -0.366 e. The highest BCUT2D eigenvalue weighted by molar-refractivity contribution is 5.99. The number of benzene rings is 1. The molecule has 1 heterocycles. The number of nitrogens with one attached hydrogen (secondary N) is 1. The van der Waals surface area contributed by atoms with Crippen molar-refractivity contribution in [3.05, 3.63) is 59.7 Å². The van der Waals surface area contributed by atoms with Crippen molar-refractivity contribution in [2.75, 3.05) is 6.54 Å². The summed E-state index contributed by atoms with van der Waals surface area (Å²) in [6, 6.07) is 6.29. The maximum absolute atomic E-state index is 11.9. The zero-order valence-electron chi connectivity index (χ0n) is 10.7. The van der Waals surface area contributed by atoms with Gasteiger partial charge in [0.1, 0.15) is 0 Å². The minimum atomic E-state index is -0.556. The molecular formula is C14H14N4O2. The van der Waals surface area contributed by atoms with Crippen LogP contribution in [0, 0.1) is 0 Å². The van der Waals surface area contributed by atoms with Crippen molar-refractivity contribution in [2.24, 2.45) is 5.73 Å². The van der Waals surface area contributed by atoms with Gasteiger partial charge in [-0.25, -0.2) is 0 Å². The second-order valence-electron chi connectivity index (χ2n) is 4.15. The number of hydrogen-bond donors (Lipinski definition) is 2. The fourth-order valence-electron chi connectivity index (χ4n) is 1.68. The molecule has 6 heteroatoms. The van der Waals surface area contributed by atoms with Crippen LogP contribution in [0.15, 0.2) is 42.9 Å². The summed E-state index contributed by atoms with van der Waals surface area (Å²) in [4.78, 5) is 31.0. The van der Waals surface area contributed by atoms with E-state index in [2.05, 4.69) is 15.3 Å². The highest BCUT2D eigenvalue weighted by atomic mass is 16.2. The van der Waals surface area contributed by atoms with Crippen LogP contribution in [0.5, 0.6) is 0 Å². The van der Waals surface area contributed by atoms with Crippen LogP contribution >= 0.6 is 0 Å². The zero-order chi connectivity index (χ0) is 14.4. The van der Waals surface area contributed by atoms with Crippen LogP contribution in [0.25, 0.3) is 0 Å². The van der Waals surface area contributed by atoms with Crippen molar-refractivity contribution in [1.29, 1.82) is 0 Å². The molecule has 0 aliphatic carbocycles. The van der Waals surface area contributed by atoms with Crippen LogP contribution < -0.4 is 11.1 Å². The molecule has 0 atom stereocenters. The third-order valence-corrected chi connectivity index (χ3v) is 2.69. The normalized spacial score (nSPS) is 10.0. The van der Waals surface area contributed by atoms with Gasteiger partial charge in [-0.3, -0.25) is 19.6 Å². The molecule has 0 spiro atoms. The lowest BCUT2D eigenvalue weighted by atomic mass is 10.1. The van der Waals surface area contributed by atoms with Gasteiger partial charge in [-0.1, -0.05) is 6.07 Å². The Kier molecular flexibility index (Phi) is 4.39. The van der Waals surface area contributed by atoms with Crippen molar-refractivity contribution in [2.45, 2.75) is 6.42 Å². The third-order valence-electron chi connectivity index (χ3n) is 2.69. The summed E-state index contributed by atoms with van der Waals surface area (Å²) in [6.07, 6.45) is 5.44. The summed E-state index contributed by atoms with van der Waals surface area (Å²) in [5.41, 5.74) is 6.69. The van der Waals surface area contributed by atoms with Gasteiger partial charge >= 0.3 is 0 Å². The minimum absolute atomic E-state index is 0.253. The first kappa shape index (κ1) is 13.7. The molecule has 0 unspecified atom stereocenters. The number of hydrogen-bond acceptors (Lipinski definition) is 4. The first-order chi connectivity index (χ1) is 9.66. The zero-order valence-corrected chi connectivity index (χ0v) is 10.7. The molecule has 0 bridgehead atoms. The van der Waals surface area contributed by atoms with E-state index >= 15 is 0 Å². The van der Waals surface area contributed by atoms with Crippen molar-refractivity contribution in [3.63, 3.8) is 0 Å². The van der Waals surface area contributed by atoms with Gasteiger partial charge in [0.15, 0.2) is 0 Å². The Hall–Kier alpha value is -2.76. The fourth-order valence-corrected chi connectivity index (χ4v) is 1.68. The first-order valence-electron chi connectivity index (χ1n) is 6.10. The van der Waals surface area contributed by atoms with Gasteiger partial charge in [0.2, 0.25) is 5.91 Å². The molecule has 3 N–H and O–H groups in total. The van der Waals surface area contributed by atoms with E-state index in [9.17, 15) is 9.59 Å². The molecule has 0 radical (unpaired) electrons. The first-order valence-corrected chi connectivity index (χ1v) is 6.10. The summed E-state index contributed by atoms with van der Waals surface area (Å²) >= 11 is 0. The van der Waals surface area contributed by atoms with Crippen molar-refractivity contribution >= 4 is 11.8 Å². The maximum Gasteiger partial charge on any atom is 0.251 e. The van der Waals surface area contributed by atoms with Crippen LogP contribution in [-0.2, 0) is 6.42 Å². The topological polar surface area (TPSA) is 98.0 Å². The lowest BCUT2D eigenvalue weighted by Crippen LogP contribution is -2.26. The standard InChI is InChI=1S/C14H14N4O2/c15-13(19)10-2-1-3-11(8-10)14(20)18-5-4-12-9-16-6-7-17-12/h1-3,6-9H,4-5H2,(H2,15,19)(H,18,20). The molecule has 102 valence electrons. The summed E-state index contributed by atoms with van der Waals surface area (Å²) in [5, 5.41) is 2.75. The lowest BCUT2D eigenvalue weighted by molar-refractivity contribution is 0.0954. The number of amides is 2. The summed E-state index contributed by atoms with van der Waals surface area (Å²) in [5.74, 6) is -0.809. The quantitative estimate of drug-likeness (QED) is 0.828. The van der Waals surface area contributed by atoms with E-state index in [0.29, 0.717) is 24.1 Å². The highest BCUT2D eigenvalue weighted by Crippen LogP contribution is 2.04. The Morgan fingerprint density at radius 3 is 2.70 bits per heavy atom. The lowest BCUT2D eigenvalue weighted by Gasteiger charge is -2.05. The smallest absolute Gasteiger partial charge is 0.251 e. The van der Waals surface area contributed by atoms with Gasteiger partial charge < -0.3 is 11.1 Å². The van der Waals surface area contributed by atoms with Gasteiger partial charge in [0.05, 0.1) is 5.69 Å². The van der Waals surface area contributed by atoms with Crippen LogP contribution in [-0.4, -0.2) is 28.3 Å². The molecule has 20 heavy (non-hydrogen) atoms. The summed E-state index contributed by atoms with van der Waals surface area (Å²) in [7, 11) is 0. The van der Waals surface area contributed by atoms with Gasteiger partial charge in [0, 0.05) is 42.7 Å². The van der Waals surface area contributed by atoms with Crippen LogP contribution in [0.4, 0.5) is 0 Å². The molecule has 1 aromatic heterocycles. The monoisotopic (exact) mass is 270 g/mol. The van der Waals surface area contributed by atoms with Gasteiger partial charge in [0.25, 0.3) is 5.91 Å². The van der Waals surface area contributed by atoms with Gasteiger partial charge in [-0.05, 0) is 18.2 Å². The Labute approximate surface area is 116 Å². The second-order valence-corrected chi connectivity index (χ2v) is 4.15. The van der Waals surface area contributed by atoms with Crippen molar-refractivity contribution < 1.29 is 9.59 Å². The molecular weight excluding hydrogens is 256 g/mol. The predicted molar refractivity (Wildman–Crippen MR) is 73.0 cm³/mol. The van der Waals surface area contributed by atoms with Crippen LogP contribution in [0.3, 0.4) is 0 Å². The Morgan fingerprint density at radius 1 is 1.20 bits per heavy atom. The SMILES string of the molecule is NC(=O)c1cccc(C(=O)NCCc2cnccn2)c1. The number of aromatic nitrogens is 2. The van der Waals surface area contributed by atoms with E-state index in [4.69, 9.17) is 5.73 Å². The number of carbonyl (C=O) groups excluding carboxylic acids is 2. The molecule has 1 aromatic carbocycles. The molecule has 2 aromatic rings. The molecule has 0 fully saturated rings. The second kappa shape index (κ2) is 6.42. The van der Waals surface area contributed by atoms with Crippen LogP contribution in [0.2, 0.25) is 0 Å². The van der Waals surface area contributed by atoms with Gasteiger partial charge in [-0.15, -0.1) is 0 Å². The Balaban J connectivity index is 1.92. The number of rotatable bonds is 5. The van der Waals surface area contributed by atoms with E-state index in [1.165, 1.54) is 6.07 Å². The number of nitrogens with two attached hydrogens (primary N) is 1. The fraction of sp³-hybridized carbons (Fsp3) is 0.143. The molecule has 0 saturated heterocycles. The average molecular weight is 270 g/mol. The van der Waals surface area contributed by atoms with Crippen molar-refractivity contribution in [1.82, 2.24) is 15.3 Å². The Morgan fingerprint density at radius 2 is 2.00 bits per heavy atom. The van der Waals surface area contributed by atoms with Crippen molar-refractivity contribution in [3.8, 4) is 0 Å². The molecule has 0 aliphatic heterocycles. The molecule has 0 aliphatic rings. The summed E-state index contributed by atoms with van der Waals surface area (Å²) in [6.45, 7) is 0.443. The van der Waals surface area contributed by atoms with E-state index in [0.717, 1.165) is 5.69 Å². The average Bonchev–Trinajstić information content (AvgIpc) is 2.48. The molecule has 2 rings (SSSR count). The van der Waals surface area contributed by atoms with E-state index in [1.54, 1.807) is 36.8 Å². The molecule has 2 amide bonds. The van der Waals surface area contributed by atoms with E-state index in [1.807, 2.05) is 0 Å². The predicted octanol–water partition coefficient (Wildman–Crippen LogP) is 0.548. The number of carbonyl (C=O) groups is 2. The van der Waals surface area contributed by atoms with E-state index < -0.39 is 5.91 Å². The number of nitrogens with zero attached hydrogens (tertiary/aromatic N) is 2. The summed E-state index contributed by atoms with van der Waals surface area (Å²) < 4.78 is 0. The Bertz CT molecular complexity index is 614. The van der Waals surface area contributed by atoms with E-state index in [-0.39, 0.29) is 5.91 Å². The third kappa shape index (κ3) is 3.61. The van der Waals surface area contributed by atoms with Gasteiger partial charge in [-0.2, -0.15) is 0 Å². The molecule has 0 saturated carbocycles. The largest absolute Gasteiger partial charge is 0.366 e. The van der Waals surface area contributed by atoms with Crippen LogP contribution in [0.1, 0.15) is 26.4 Å². The number of primary amides is 1. The molecule has 6 nitrogen and oxygen atoms in total. The maximum atomic E-state index is 11.9.